The van der Waals surface area contributed by atoms with E-state index in [0.29, 0.717) is 60.3 Å². The van der Waals surface area contributed by atoms with Crippen molar-refractivity contribution in [2.75, 3.05) is 41.8 Å². The van der Waals surface area contributed by atoms with E-state index in [9.17, 15) is 42.3 Å². The molecule has 7 aromatic rings. The molecule has 3 aliphatic rings. The van der Waals surface area contributed by atoms with Crippen molar-refractivity contribution in [3.8, 4) is 16.9 Å². The smallest absolute Gasteiger partial charge is 0.417 e. The van der Waals surface area contributed by atoms with E-state index in [1.165, 1.54) is 35.6 Å². The summed E-state index contributed by atoms with van der Waals surface area (Å²) in [5.74, 6) is -2.62. The standard InChI is InChI=1S/C54H52F3N9O7S/c1-30-25-31(20-22-65(30)29-47(68)58-33-12-14-38-43(26-33)64(2)63-48(38)39-17-19-46(67)61-51(39)70)7-6-24-73-34-13-15-35(41(27-34)54(55,56)57)36-16-18-45(60-49(36)52(71)72)66-23-21-32-8-5-9-37(40(32)28-66)50(69)62-53-59-42-10-3-4-11-44(42)74-53/h3-5,8-16,18,26-27,30-31,39H,6-7,17,19-25,28-29H2,1-2H3,(H,58,68)(H,71,72)(H,59,62,69)(H,61,67,70). The second-order valence-corrected chi connectivity index (χ2v) is 20.2. The van der Waals surface area contributed by atoms with Gasteiger partial charge in [0.25, 0.3) is 5.91 Å². The molecule has 74 heavy (non-hydrogen) atoms. The first-order valence-corrected chi connectivity index (χ1v) is 25.3. The Morgan fingerprint density at radius 1 is 0.919 bits per heavy atom. The highest BCUT2D eigenvalue weighted by Crippen LogP contribution is 2.41. The van der Waals surface area contributed by atoms with Gasteiger partial charge < -0.3 is 20.1 Å². The zero-order valence-corrected chi connectivity index (χ0v) is 41.3. The summed E-state index contributed by atoms with van der Waals surface area (Å²) in [5.41, 5.74) is 2.68. The summed E-state index contributed by atoms with van der Waals surface area (Å²) in [4.78, 5) is 76.6. The molecule has 0 aliphatic carbocycles. The van der Waals surface area contributed by atoms with E-state index in [0.717, 1.165) is 57.6 Å². The maximum absolute atomic E-state index is 14.8. The number of rotatable bonds is 14. The molecule has 6 heterocycles. The van der Waals surface area contributed by atoms with Crippen molar-refractivity contribution in [2.24, 2.45) is 13.0 Å². The number of hydrogen-bond acceptors (Lipinski definition) is 12. The number of carboxylic acids is 1. The van der Waals surface area contributed by atoms with Gasteiger partial charge >= 0.3 is 12.1 Å². The molecule has 2 fully saturated rings. The number of hydrogen-bond donors (Lipinski definition) is 4. The number of thiazole rings is 1. The number of halogens is 3. The molecule has 3 aliphatic heterocycles. The highest BCUT2D eigenvalue weighted by atomic mass is 32.1. The predicted octanol–water partition coefficient (Wildman–Crippen LogP) is 9.20. The summed E-state index contributed by atoms with van der Waals surface area (Å²) in [6.07, 6.45) is -0.661. The molecule has 4 amide bonds. The fourth-order valence-electron chi connectivity index (χ4n) is 10.5. The van der Waals surface area contributed by atoms with Crippen LogP contribution in [0.2, 0.25) is 0 Å². The molecule has 4 N–H and O–H groups in total. The predicted molar refractivity (Wildman–Crippen MR) is 273 cm³/mol. The Morgan fingerprint density at radius 2 is 1.74 bits per heavy atom. The zero-order chi connectivity index (χ0) is 51.8. The van der Waals surface area contributed by atoms with Crippen molar-refractivity contribution in [3.63, 3.8) is 0 Å². The van der Waals surface area contributed by atoms with Crippen LogP contribution in [-0.2, 0) is 40.6 Å². The Balaban J connectivity index is 0.733. The Bertz CT molecular complexity index is 3320. The van der Waals surface area contributed by atoms with Crippen LogP contribution in [0.1, 0.15) is 94.6 Å². The summed E-state index contributed by atoms with van der Waals surface area (Å²) in [6.45, 7) is 3.78. The van der Waals surface area contributed by atoms with E-state index in [2.05, 4.69) is 42.8 Å². The van der Waals surface area contributed by atoms with Gasteiger partial charge in [0.1, 0.15) is 11.6 Å². The molecule has 0 spiro atoms. The van der Waals surface area contributed by atoms with Gasteiger partial charge in [-0.05, 0) is 135 Å². The third-order valence-electron chi connectivity index (χ3n) is 14.3. The van der Waals surface area contributed by atoms with E-state index < -0.39 is 29.3 Å². The van der Waals surface area contributed by atoms with Gasteiger partial charge in [0.15, 0.2) is 10.8 Å². The normalized spacial score (nSPS) is 18.3. The number of anilines is 3. The number of alkyl halides is 3. The van der Waals surface area contributed by atoms with Crippen LogP contribution >= 0.6 is 11.3 Å². The topological polar surface area (TPSA) is 201 Å². The first kappa shape index (κ1) is 49.9. The molecule has 2 saturated heterocycles. The number of aryl methyl sites for hydroxylation is 1. The van der Waals surface area contributed by atoms with Crippen LogP contribution < -0.4 is 25.6 Å². The fraction of sp³-hybridized carbons (Fsp3) is 0.333. The molecule has 4 aromatic carbocycles. The lowest BCUT2D eigenvalue weighted by atomic mass is 9.88. The van der Waals surface area contributed by atoms with Crippen molar-refractivity contribution in [1.29, 1.82) is 0 Å². The number of carbonyl (C=O) groups is 5. The Labute approximate surface area is 426 Å². The van der Waals surface area contributed by atoms with Gasteiger partial charge in [-0.3, -0.25) is 39.4 Å². The van der Waals surface area contributed by atoms with Crippen LogP contribution in [0.3, 0.4) is 0 Å². The minimum absolute atomic E-state index is 0.00369. The number of ether oxygens (including phenoxy) is 1. The molecule has 382 valence electrons. The van der Waals surface area contributed by atoms with Gasteiger partial charge in [-0.2, -0.15) is 18.3 Å². The van der Waals surface area contributed by atoms with E-state index in [4.69, 9.17) is 4.74 Å². The number of benzene rings is 4. The number of piperidine rings is 2. The van der Waals surface area contributed by atoms with Crippen LogP contribution in [0.25, 0.3) is 32.2 Å². The molecule has 10 rings (SSSR count). The highest BCUT2D eigenvalue weighted by molar-refractivity contribution is 7.22. The summed E-state index contributed by atoms with van der Waals surface area (Å²) in [5, 5.41) is 24.4. The maximum Gasteiger partial charge on any atom is 0.417 e. The van der Waals surface area contributed by atoms with E-state index in [-0.39, 0.29) is 78.5 Å². The number of aromatic carboxylic acids is 1. The highest BCUT2D eigenvalue weighted by Gasteiger charge is 2.37. The molecule has 3 unspecified atom stereocenters. The number of nitrogens with zero attached hydrogens (tertiary/aromatic N) is 6. The average Bonchev–Trinajstić information content (AvgIpc) is 3.94. The van der Waals surface area contributed by atoms with Crippen molar-refractivity contribution in [2.45, 2.75) is 76.6 Å². The van der Waals surface area contributed by atoms with Gasteiger partial charge in [0.2, 0.25) is 17.7 Å². The first-order valence-electron chi connectivity index (χ1n) is 24.5. The molecule has 0 radical (unpaired) electrons. The third kappa shape index (κ3) is 10.5. The average molecular weight is 1030 g/mol. The van der Waals surface area contributed by atoms with Crippen molar-refractivity contribution in [3.05, 3.63) is 125 Å². The second-order valence-electron chi connectivity index (χ2n) is 19.1. The number of imide groups is 1. The van der Waals surface area contributed by atoms with Crippen LogP contribution in [0, 0.1) is 5.92 Å². The van der Waals surface area contributed by atoms with Crippen LogP contribution in [0.15, 0.2) is 91.0 Å². The number of pyridine rings is 1. The number of nitrogens with one attached hydrogen (secondary N) is 3. The molecule has 3 atom stereocenters. The van der Waals surface area contributed by atoms with Crippen LogP contribution in [0.4, 0.5) is 29.8 Å². The van der Waals surface area contributed by atoms with Crippen molar-refractivity contribution < 1.29 is 47.0 Å². The molecular weight excluding hydrogens is 976 g/mol. The molecule has 0 saturated carbocycles. The van der Waals surface area contributed by atoms with Crippen LogP contribution in [-0.4, -0.2) is 91.6 Å². The van der Waals surface area contributed by atoms with Gasteiger partial charge in [0, 0.05) is 54.8 Å². The van der Waals surface area contributed by atoms with Gasteiger partial charge in [-0.15, -0.1) is 0 Å². The van der Waals surface area contributed by atoms with E-state index in [1.807, 2.05) is 53.4 Å². The molecule has 3 aromatic heterocycles. The fourth-order valence-corrected chi connectivity index (χ4v) is 11.4. The minimum atomic E-state index is -4.85. The lowest BCUT2D eigenvalue weighted by Crippen LogP contribution is -2.44. The van der Waals surface area contributed by atoms with Crippen molar-refractivity contribution in [1.82, 2.24) is 30.0 Å². The number of carboxylic acid groups (broad SMARTS) is 1. The summed E-state index contributed by atoms with van der Waals surface area (Å²) in [6, 6.07) is 24.9. The van der Waals surface area contributed by atoms with Gasteiger partial charge in [0.05, 0.1) is 46.1 Å². The Morgan fingerprint density at radius 3 is 2.53 bits per heavy atom. The summed E-state index contributed by atoms with van der Waals surface area (Å²) < 4.78 is 52.8. The first-order chi connectivity index (χ1) is 35.6. The monoisotopic (exact) mass is 1030 g/mol. The lowest BCUT2D eigenvalue weighted by Gasteiger charge is -2.37. The van der Waals surface area contributed by atoms with Crippen LogP contribution in [0.5, 0.6) is 5.75 Å². The number of aromatic nitrogens is 4. The quantitative estimate of drug-likeness (QED) is 0.0596. The largest absolute Gasteiger partial charge is 0.494 e. The second kappa shape index (κ2) is 20.7. The zero-order valence-electron chi connectivity index (χ0n) is 40.5. The SMILES string of the molecule is CC1CC(CCCOc2ccc(-c3ccc(N4CCc5cccc(C(=O)Nc6nc7ccccc7s6)c5C4)nc3C(=O)O)c(C(F)(F)F)c2)CCN1CC(=O)Nc1ccc2c(C3CCC(=O)NC3=O)nn(C)c2c1. The van der Waals surface area contributed by atoms with Gasteiger partial charge in [-0.1, -0.05) is 41.7 Å². The molecular formula is C54H52F3N9O7S. The van der Waals surface area contributed by atoms with E-state index >= 15 is 0 Å². The van der Waals surface area contributed by atoms with Crippen molar-refractivity contribution >= 4 is 78.7 Å². The summed E-state index contributed by atoms with van der Waals surface area (Å²) in [7, 11) is 1.77. The number of carbonyl (C=O) groups excluding carboxylic acids is 4. The number of amides is 4. The third-order valence-corrected chi connectivity index (χ3v) is 15.2. The Kier molecular flexibility index (Phi) is 13.9. The maximum atomic E-state index is 14.8. The number of likely N-dealkylation sites (tertiary alicyclic amines) is 1. The molecule has 20 heteroatoms. The minimum Gasteiger partial charge on any atom is -0.494 e. The molecule has 16 nitrogen and oxygen atoms in total. The lowest BCUT2D eigenvalue weighted by molar-refractivity contribution is -0.137. The number of fused-ring (bicyclic) bond motifs is 3. The van der Waals surface area contributed by atoms with Gasteiger partial charge in [-0.25, -0.2) is 14.8 Å². The summed E-state index contributed by atoms with van der Waals surface area (Å²) >= 11 is 1.36. The molecule has 0 bridgehead atoms. The number of para-hydroxylation sites is 1. The van der Waals surface area contributed by atoms with E-state index in [1.54, 1.807) is 23.9 Å². The Hall–Kier alpha value is -7.71.